The topological polar surface area (TPSA) is 3.24 Å². The Morgan fingerprint density at radius 3 is 0.848 bits per heavy atom. The van der Waals surface area contributed by atoms with Gasteiger partial charge in [0, 0.05) is 10.7 Å². The van der Waals surface area contributed by atoms with Gasteiger partial charge in [-0.25, -0.2) is 0 Å². The molecule has 0 fully saturated rings. The molecule has 0 bridgehead atoms. The van der Waals surface area contributed by atoms with E-state index in [1.54, 1.807) is 0 Å². The first-order chi connectivity index (χ1) is 16.2. The lowest BCUT2D eigenvalue weighted by molar-refractivity contribution is 0.389. The molecule has 0 aliphatic carbocycles. The normalized spacial score (nSPS) is 11.1. The van der Waals surface area contributed by atoms with Gasteiger partial charge in [0.2, 0.25) is 0 Å². The summed E-state index contributed by atoms with van der Waals surface area (Å²) in [6, 6.07) is 0. The Kier molecular flexibility index (Phi) is 38.4. The lowest BCUT2D eigenvalue weighted by Gasteiger charge is -2.08. The highest BCUT2D eigenvalue weighted by molar-refractivity contribution is 9.09. The molecule has 3 heteroatoms. The van der Waals surface area contributed by atoms with E-state index in [1.165, 1.54) is 161 Å². The van der Waals surface area contributed by atoms with Gasteiger partial charge in [-0.3, -0.25) is 0 Å². The molecule has 0 aliphatic heterocycles. The molecular weight excluding hydrogens is 534 g/mol. The fourth-order valence-corrected chi connectivity index (χ4v) is 5.02. The molecular formula is C30H63Br2N. The summed E-state index contributed by atoms with van der Waals surface area (Å²) in [6.45, 7) is 3.56. The third kappa shape index (κ3) is 40.4. The average molecular weight is 598 g/mol. The summed E-state index contributed by atoms with van der Waals surface area (Å²) in [6.07, 6.45) is 34.7. The van der Waals surface area contributed by atoms with Crippen LogP contribution in [0.2, 0.25) is 0 Å². The first-order valence-corrected chi connectivity index (χ1v) is 17.2. The molecule has 0 aromatic heterocycles. The molecule has 0 aromatic rings. The molecule has 0 saturated carbocycles. The van der Waals surface area contributed by atoms with E-state index in [1.807, 2.05) is 0 Å². The Bertz CT molecular complexity index is 304. The number of alkyl halides is 2. The quantitative estimate of drug-likeness (QED) is 0.0708. The Morgan fingerprint density at radius 1 is 0.364 bits per heavy atom. The first kappa shape index (κ1) is 36.1. The van der Waals surface area contributed by atoms with Crippen molar-refractivity contribution in [1.82, 2.24) is 4.90 Å². The van der Waals surface area contributed by atoms with Crippen LogP contribution in [0.4, 0.5) is 0 Å². The van der Waals surface area contributed by atoms with Crippen LogP contribution >= 0.6 is 31.9 Å². The monoisotopic (exact) mass is 595 g/mol. The summed E-state index contributed by atoms with van der Waals surface area (Å²) in [5.41, 5.74) is 0. The second-order valence-electron chi connectivity index (χ2n) is 10.3. The van der Waals surface area contributed by atoms with E-state index < -0.39 is 0 Å². The van der Waals surface area contributed by atoms with Crippen LogP contribution in [0, 0.1) is 0 Å². The zero-order valence-electron chi connectivity index (χ0n) is 23.3. The van der Waals surface area contributed by atoms with Crippen molar-refractivity contribution in [1.29, 1.82) is 0 Å². The Labute approximate surface area is 228 Å². The van der Waals surface area contributed by atoms with E-state index in [9.17, 15) is 0 Å². The minimum atomic E-state index is 1.16. The van der Waals surface area contributed by atoms with Crippen LogP contribution < -0.4 is 0 Å². The fraction of sp³-hybridized carbons (Fsp3) is 1.00. The van der Waals surface area contributed by atoms with Gasteiger partial charge in [0.1, 0.15) is 0 Å². The fourth-order valence-electron chi connectivity index (χ4n) is 4.23. The van der Waals surface area contributed by atoms with Crippen LogP contribution in [0.3, 0.4) is 0 Å². The van der Waals surface area contributed by atoms with Crippen molar-refractivity contribution < 1.29 is 0 Å². The number of hydrogen-bond donors (Lipinski definition) is 0. The lowest BCUT2D eigenvalue weighted by atomic mass is 10.0. The molecule has 0 heterocycles. The molecule has 0 spiro atoms. The van der Waals surface area contributed by atoms with Crippen LogP contribution in [0.15, 0.2) is 0 Å². The summed E-state index contributed by atoms with van der Waals surface area (Å²) in [5.74, 6) is 0. The average Bonchev–Trinajstić information content (AvgIpc) is 2.81. The van der Waals surface area contributed by atoms with Crippen LogP contribution in [0.25, 0.3) is 0 Å². The summed E-state index contributed by atoms with van der Waals surface area (Å²) in [4.78, 5) is 2.30. The minimum absolute atomic E-state index is 1.16. The van der Waals surface area contributed by atoms with Gasteiger partial charge in [-0.15, -0.1) is 0 Å². The summed E-state index contributed by atoms with van der Waals surface area (Å²) < 4.78 is 0. The van der Waals surface area contributed by atoms with Crippen LogP contribution in [0.1, 0.15) is 161 Å². The summed E-state index contributed by atoms with van der Waals surface area (Å²) >= 11 is 6.78. The van der Waals surface area contributed by atoms with Gasteiger partial charge < -0.3 is 4.90 Å². The molecule has 0 saturated heterocycles. The van der Waals surface area contributed by atoms with Crippen molar-refractivity contribution in [2.45, 2.75) is 161 Å². The maximum atomic E-state index is 3.39. The van der Waals surface area contributed by atoms with Gasteiger partial charge in [-0.05, 0) is 39.9 Å². The van der Waals surface area contributed by atoms with Gasteiger partial charge in [-0.2, -0.15) is 0 Å². The number of nitrogens with zero attached hydrogens (tertiary/aromatic N) is 1. The standard InChI is InChI=1S/C24H51N.C6H12Br2/c1-4-5-6-7-8-9-10-11-12-13-14-15-16-17-18-19-20-21-22-23-24-25(2)3;7-5-3-1-2-4-6-8/h4-24H2,1-3H3;1-6H2. The molecule has 0 N–H and O–H groups in total. The van der Waals surface area contributed by atoms with Crippen molar-refractivity contribution in [3.63, 3.8) is 0 Å². The van der Waals surface area contributed by atoms with Crippen molar-refractivity contribution in [3.8, 4) is 0 Å². The third-order valence-corrected chi connectivity index (χ3v) is 7.60. The molecule has 0 radical (unpaired) electrons. The molecule has 33 heavy (non-hydrogen) atoms. The van der Waals surface area contributed by atoms with Gasteiger partial charge >= 0.3 is 0 Å². The number of rotatable bonds is 26. The maximum absolute atomic E-state index is 3.39. The minimum Gasteiger partial charge on any atom is -0.309 e. The second-order valence-corrected chi connectivity index (χ2v) is 11.9. The second kappa shape index (κ2) is 35.1. The zero-order valence-corrected chi connectivity index (χ0v) is 26.5. The van der Waals surface area contributed by atoms with Crippen LogP contribution in [0.5, 0.6) is 0 Å². The molecule has 0 amide bonds. The molecule has 1 nitrogen and oxygen atoms in total. The Hall–Kier alpha value is 0.920. The lowest BCUT2D eigenvalue weighted by Crippen LogP contribution is -2.12. The maximum Gasteiger partial charge on any atom is 0.00313 e. The van der Waals surface area contributed by atoms with Crippen LogP contribution in [-0.4, -0.2) is 36.2 Å². The van der Waals surface area contributed by atoms with Gasteiger partial charge in [-0.1, -0.05) is 174 Å². The Morgan fingerprint density at radius 2 is 0.606 bits per heavy atom. The van der Waals surface area contributed by atoms with Crippen molar-refractivity contribution in [2.24, 2.45) is 0 Å². The zero-order chi connectivity index (χ0) is 24.7. The highest BCUT2D eigenvalue weighted by Crippen LogP contribution is 2.14. The number of unbranched alkanes of at least 4 members (excludes halogenated alkanes) is 22. The van der Waals surface area contributed by atoms with Gasteiger partial charge in [0.25, 0.3) is 0 Å². The van der Waals surface area contributed by atoms with E-state index in [0.29, 0.717) is 0 Å². The van der Waals surface area contributed by atoms with E-state index in [2.05, 4.69) is 57.8 Å². The van der Waals surface area contributed by atoms with E-state index >= 15 is 0 Å². The predicted molar refractivity (Wildman–Crippen MR) is 163 cm³/mol. The molecule has 0 rings (SSSR count). The molecule has 0 atom stereocenters. The summed E-state index contributed by atoms with van der Waals surface area (Å²) in [5, 5.41) is 2.32. The molecule has 0 aliphatic rings. The van der Waals surface area contributed by atoms with E-state index in [-0.39, 0.29) is 0 Å². The number of hydrogen-bond acceptors (Lipinski definition) is 1. The van der Waals surface area contributed by atoms with E-state index in [4.69, 9.17) is 0 Å². The predicted octanol–water partition coefficient (Wildman–Crippen LogP) is 11.7. The van der Waals surface area contributed by atoms with Crippen LogP contribution in [-0.2, 0) is 0 Å². The molecule has 0 unspecified atom stereocenters. The molecule has 0 aromatic carbocycles. The highest BCUT2D eigenvalue weighted by Gasteiger charge is 1.96. The summed E-state index contributed by atoms with van der Waals surface area (Å²) in [7, 11) is 4.35. The highest BCUT2D eigenvalue weighted by atomic mass is 79.9. The van der Waals surface area contributed by atoms with Crippen molar-refractivity contribution >= 4 is 31.9 Å². The smallest absolute Gasteiger partial charge is 0.00313 e. The molecule has 202 valence electrons. The SMILES string of the molecule is BrCCCCCCBr.CCCCCCCCCCCCCCCCCCCCCCN(C)C. The van der Waals surface area contributed by atoms with Gasteiger partial charge in [0.15, 0.2) is 0 Å². The van der Waals surface area contributed by atoms with Crippen molar-refractivity contribution in [2.75, 3.05) is 31.3 Å². The van der Waals surface area contributed by atoms with E-state index in [0.717, 1.165) is 10.7 Å². The van der Waals surface area contributed by atoms with Crippen molar-refractivity contribution in [3.05, 3.63) is 0 Å². The first-order valence-electron chi connectivity index (χ1n) is 15.0. The third-order valence-electron chi connectivity index (χ3n) is 6.48. The largest absolute Gasteiger partial charge is 0.309 e. The van der Waals surface area contributed by atoms with Gasteiger partial charge in [0.05, 0.1) is 0 Å². The Balaban J connectivity index is 0. The number of halogens is 2.